The van der Waals surface area contributed by atoms with Crippen molar-refractivity contribution < 1.29 is 33.4 Å². The van der Waals surface area contributed by atoms with E-state index >= 15 is 0 Å². The molecule has 0 radical (unpaired) electrons. The molecule has 0 heterocycles. The van der Waals surface area contributed by atoms with Crippen LogP contribution in [-0.4, -0.2) is 69.6 Å². The molecule has 0 aromatic heterocycles. The molecule has 0 rings (SSSR count). The fraction of sp³-hybridized carbons (Fsp3) is 0.545. The lowest BCUT2D eigenvalue weighted by atomic mass is 10.3. The zero-order valence-corrected chi connectivity index (χ0v) is 12.1. The van der Waals surface area contributed by atoms with Crippen LogP contribution in [0.1, 0.15) is 0 Å². The minimum absolute atomic E-state index is 0.270. The van der Waals surface area contributed by atoms with Gasteiger partial charge in [-0.3, -0.25) is 14.4 Å². The monoisotopic (exact) mass is 318 g/mol. The fourth-order valence-electron chi connectivity index (χ4n) is 1.15. The van der Waals surface area contributed by atoms with Gasteiger partial charge in [-0.2, -0.15) is 0 Å². The molecule has 0 fully saturated rings. The summed E-state index contributed by atoms with van der Waals surface area (Å²) in [6.07, 6.45) is 0. The summed E-state index contributed by atoms with van der Waals surface area (Å²) >= 11 is 0. The third-order valence-electron chi connectivity index (χ3n) is 2.26. The molecule has 0 saturated carbocycles. The van der Waals surface area contributed by atoms with E-state index in [-0.39, 0.29) is 13.1 Å². The number of hydrogen-bond donors (Lipinski definition) is 4. The first-order valence-electron chi connectivity index (χ1n) is 6.04. The van der Waals surface area contributed by atoms with E-state index in [1.54, 1.807) is 0 Å². The van der Waals surface area contributed by atoms with Gasteiger partial charge in [-0.1, -0.05) is 0 Å². The Balaban J connectivity index is 4.30. The average Bonchev–Trinajstić information content (AvgIpc) is 2.53. The lowest BCUT2D eigenvalue weighted by Gasteiger charge is -2.14. The quantitative estimate of drug-likeness (QED) is 0.259. The first-order chi connectivity index (χ1) is 10.3. The van der Waals surface area contributed by atoms with Crippen LogP contribution in [0.3, 0.4) is 0 Å². The maximum Gasteiger partial charge on any atom is 0.340 e. The molecule has 3 amide bonds. The highest BCUT2D eigenvalue weighted by atomic mass is 16.5. The molecule has 0 aliphatic heterocycles. The van der Waals surface area contributed by atoms with Gasteiger partial charge in [0.25, 0.3) is 0 Å². The molecule has 0 unspecified atom stereocenters. The van der Waals surface area contributed by atoms with Gasteiger partial charge in [-0.05, 0) is 0 Å². The first-order valence-corrected chi connectivity index (χ1v) is 6.04. The number of nitrogens with two attached hydrogens (primary N) is 1. The molecule has 11 heteroatoms. The van der Waals surface area contributed by atoms with Gasteiger partial charge in [0.15, 0.2) is 0 Å². The van der Waals surface area contributed by atoms with Gasteiger partial charge in [0.05, 0.1) is 33.9 Å². The van der Waals surface area contributed by atoms with Gasteiger partial charge < -0.3 is 31.2 Å². The Morgan fingerprint density at radius 3 is 1.77 bits per heavy atom. The van der Waals surface area contributed by atoms with Crippen LogP contribution < -0.4 is 21.7 Å². The van der Waals surface area contributed by atoms with E-state index in [0.717, 1.165) is 14.2 Å². The second-order valence-electron chi connectivity index (χ2n) is 3.80. The van der Waals surface area contributed by atoms with Crippen molar-refractivity contribution in [1.82, 2.24) is 16.0 Å². The largest absolute Gasteiger partial charge is 0.467 e. The van der Waals surface area contributed by atoms with E-state index < -0.39 is 42.2 Å². The summed E-state index contributed by atoms with van der Waals surface area (Å²) in [7, 11) is 2.07. The van der Waals surface area contributed by atoms with Crippen molar-refractivity contribution in [2.75, 3.05) is 33.9 Å². The molecule has 0 saturated heterocycles. The van der Waals surface area contributed by atoms with Crippen LogP contribution >= 0.6 is 0 Å². The van der Waals surface area contributed by atoms with Crippen molar-refractivity contribution in [3.8, 4) is 0 Å². The van der Waals surface area contributed by atoms with Crippen molar-refractivity contribution in [3.63, 3.8) is 0 Å². The number of rotatable bonds is 8. The van der Waals surface area contributed by atoms with Gasteiger partial charge >= 0.3 is 11.9 Å². The molecule has 124 valence electrons. The maximum absolute atomic E-state index is 11.5. The number of amides is 3. The Bertz CT molecular complexity index is 436. The van der Waals surface area contributed by atoms with Gasteiger partial charge in [-0.15, -0.1) is 0 Å². The van der Waals surface area contributed by atoms with Crippen LogP contribution in [0, 0.1) is 0 Å². The molecule has 0 aliphatic rings. The number of carbonyl (C=O) groups excluding carboxylic acids is 5. The SMILES string of the molecule is COC(=O)C(NC(=O)CNC(=O)CNC(=O)CN)C(=O)OC. The number of hydrogen-bond acceptors (Lipinski definition) is 8. The first kappa shape index (κ1) is 19.3. The summed E-state index contributed by atoms with van der Waals surface area (Å²) in [6.45, 7) is -1.14. The highest BCUT2D eigenvalue weighted by Crippen LogP contribution is 1.91. The van der Waals surface area contributed by atoms with Gasteiger partial charge in [0.2, 0.25) is 23.8 Å². The Labute approximate surface area is 125 Å². The summed E-state index contributed by atoms with van der Waals surface area (Å²) in [4.78, 5) is 56.3. The van der Waals surface area contributed by atoms with Crippen molar-refractivity contribution in [3.05, 3.63) is 0 Å². The van der Waals surface area contributed by atoms with Crippen LogP contribution in [0.15, 0.2) is 0 Å². The summed E-state index contributed by atoms with van der Waals surface area (Å²) in [5, 5.41) is 6.41. The Morgan fingerprint density at radius 2 is 1.32 bits per heavy atom. The number of ether oxygens (including phenoxy) is 2. The van der Waals surface area contributed by atoms with E-state index in [9.17, 15) is 24.0 Å². The van der Waals surface area contributed by atoms with Crippen molar-refractivity contribution in [2.45, 2.75) is 6.04 Å². The molecule has 0 aromatic carbocycles. The van der Waals surface area contributed by atoms with Gasteiger partial charge in [0, 0.05) is 0 Å². The molecule has 0 bridgehead atoms. The Morgan fingerprint density at radius 1 is 0.864 bits per heavy atom. The maximum atomic E-state index is 11.5. The molecular weight excluding hydrogens is 300 g/mol. The second-order valence-corrected chi connectivity index (χ2v) is 3.80. The van der Waals surface area contributed by atoms with E-state index in [2.05, 4.69) is 20.1 Å². The van der Waals surface area contributed by atoms with Crippen LogP contribution in [-0.2, 0) is 33.4 Å². The highest BCUT2D eigenvalue weighted by Gasteiger charge is 2.30. The lowest BCUT2D eigenvalue weighted by Crippen LogP contribution is -2.51. The van der Waals surface area contributed by atoms with Crippen LogP contribution in [0.5, 0.6) is 0 Å². The third kappa shape index (κ3) is 7.19. The number of esters is 2. The molecule has 0 atom stereocenters. The predicted molar refractivity (Wildman–Crippen MR) is 71.0 cm³/mol. The fourth-order valence-corrected chi connectivity index (χ4v) is 1.15. The van der Waals surface area contributed by atoms with Crippen molar-refractivity contribution in [1.29, 1.82) is 0 Å². The predicted octanol–water partition coefficient (Wildman–Crippen LogP) is -3.99. The lowest BCUT2D eigenvalue weighted by molar-refractivity contribution is -0.156. The summed E-state index contributed by atoms with van der Waals surface area (Å²) in [5.41, 5.74) is 5.02. The van der Waals surface area contributed by atoms with Gasteiger partial charge in [-0.25, -0.2) is 9.59 Å². The number of nitrogens with one attached hydrogen (secondary N) is 3. The molecular formula is C11H18N4O7. The summed E-state index contributed by atoms with van der Waals surface area (Å²) < 4.78 is 8.68. The molecule has 11 nitrogen and oxygen atoms in total. The van der Waals surface area contributed by atoms with E-state index in [1.165, 1.54) is 0 Å². The summed E-state index contributed by atoms with van der Waals surface area (Å²) in [6, 6.07) is -1.63. The Hall–Kier alpha value is -2.69. The summed E-state index contributed by atoms with van der Waals surface area (Å²) in [5.74, 6) is -4.02. The molecule has 0 spiro atoms. The van der Waals surface area contributed by atoms with Crippen molar-refractivity contribution in [2.24, 2.45) is 5.73 Å². The number of methoxy groups -OCH3 is 2. The average molecular weight is 318 g/mol. The molecule has 5 N–H and O–H groups in total. The molecule has 0 aliphatic carbocycles. The van der Waals surface area contributed by atoms with Crippen LogP contribution in [0.25, 0.3) is 0 Å². The standard InChI is InChI=1S/C11H18N4O7/c1-21-10(19)9(11(20)22-2)15-8(18)5-14-7(17)4-13-6(16)3-12/h9H,3-5,12H2,1-2H3,(H,13,16)(H,14,17)(H,15,18). The van der Waals surface area contributed by atoms with Gasteiger partial charge in [0.1, 0.15) is 0 Å². The van der Waals surface area contributed by atoms with E-state index in [0.29, 0.717) is 0 Å². The zero-order chi connectivity index (χ0) is 17.1. The smallest absolute Gasteiger partial charge is 0.340 e. The Kier molecular flexibility index (Phi) is 8.86. The van der Waals surface area contributed by atoms with E-state index in [1.807, 2.05) is 5.32 Å². The van der Waals surface area contributed by atoms with Crippen LogP contribution in [0.4, 0.5) is 0 Å². The third-order valence-corrected chi connectivity index (χ3v) is 2.26. The topological polar surface area (TPSA) is 166 Å². The highest BCUT2D eigenvalue weighted by molar-refractivity contribution is 6.02. The van der Waals surface area contributed by atoms with Crippen LogP contribution in [0.2, 0.25) is 0 Å². The second kappa shape index (κ2) is 10.1. The number of carbonyl (C=O) groups is 5. The van der Waals surface area contributed by atoms with Crippen molar-refractivity contribution >= 4 is 29.7 Å². The minimum atomic E-state index is -1.63. The van der Waals surface area contributed by atoms with E-state index in [4.69, 9.17) is 5.73 Å². The molecule has 22 heavy (non-hydrogen) atoms. The normalized spacial score (nSPS) is 9.64. The minimum Gasteiger partial charge on any atom is -0.467 e. The molecule has 0 aromatic rings. The zero-order valence-electron chi connectivity index (χ0n) is 12.1.